The summed E-state index contributed by atoms with van der Waals surface area (Å²) in [5.74, 6) is -0.0223. The van der Waals surface area contributed by atoms with Crippen LogP contribution in [0.1, 0.15) is 27.4 Å². The summed E-state index contributed by atoms with van der Waals surface area (Å²) in [6.45, 7) is 1.88. The molecule has 0 fully saturated rings. The molecule has 0 N–H and O–H groups in total. The van der Waals surface area contributed by atoms with Crippen LogP contribution < -0.4 is 0 Å². The number of aryl methyl sites for hydroxylation is 1. The van der Waals surface area contributed by atoms with E-state index in [1.165, 1.54) is 0 Å². The number of nitrogens with zero attached hydrogens (tertiary/aromatic N) is 2. The van der Waals surface area contributed by atoms with Crippen molar-refractivity contribution < 1.29 is 9.21 Å². The molecular weight excluding hydrogens is 252 g/mol. The molecule has 0 unspecified atom stereocenters. The van der Waals surface area contributed by atoms with Crippen LogP contribution in [0.25, 0.3) is 11.1 Å². The zero-order valence-corrected chi connectivity index (χ0v) is 10.8. The number of ketones is 1. The molecule has 1 aromatic carbocycles. The molecule has 20 heavy (non-hydrogen) atoms. The maximum Gasteiger partial charge on any atom is 0.228 e. The molecule has 0 saturated carbocycles. The minimum atomic E-state index is -0.252. The van der Waals surface area contributed by atoms with Crippen molar-refractivity contribution in [2.75, 3.05) is 0 Å². The fraction of sp³-hybridized carbons (Fsp3) is 0.0625. The van der Waals surface area contributed by atoms with Gasteiger partial charge < -0.3 is 4.42 Å². The van der Waals surface area contributed by atoms with Crippen molar-refractivity contribution in [1.29, 1.82) is 5.26 Å². The smallest absolute Gasteiger partial charge is 0.228 e. The normalized spacial score (nSPS) is 10.4. The summed E-state index contributed by atoms with van der Waals surface area (Å²) >= 11 is 0. The lowest BCUT2D eigenvalue weighted by Gasteiger charge is -1.97. The van der Waals surface area contributed by atoms with Crippen molar-refractivity contribution in [2.24, 2.45) is 0 Å². The van der Waals surface area contributed by atoms with Crippen molar-refractivity contribution >= 4 is 16.9 Å². The van der Waals surface area contributed by atoms with E-state index in [9.17, 15) is 4.79 Å². The van der Waals surface area contributed by atoms with Crippen LogP contribution in [-0.2, 0) is 0 Å². The first-order valence-electron chi connectivity index (χ1n) is 6.09. The highest BCUT2D eigenvalue weighted by Crippen LogP contribution is 2.20. The molecule has 0 bridgehead atoms. The fourth-order valence-corrected chi connectivity index (χ4v) is 2.01. The van der Waals surface area contributed by atoms with E-state index < -0.39 is 0 Å². The number of pyridine rings is 1. The first kappa shape index (κ1) is 12.1. The van der Waals surface area contributed by atoms with Crippen LogP contribution in [0.4, 0.5) is 0 Å². The number of carbonyl (C=O) groups excluding carboxylic acids is 1. The van der Waals surface area contributed by atoms with Crippen molar-refractivity contribution in [1.82, 2.24) is 4.98 Å². The first-order valence-corrected chi connectivity index (χ1v) is 6.09. The van der Waals surface area contributed by atoms with Crippen LogP contribution in [0.5, 0.6) is 0 Å². The number of carbonyl (C=O) groups is 1. The third-order valence-electron chi connectivity index (χ3n) is 2.99. The van der Waals surface area contributed by atoms with Crippen LogP contribution in [0, 0.1) is 18.3 Å². The van der Waals surface area contributed by atoms with Gasteiger partial charge in [0.15, 0.2) is 11.3 Å². The average molecular weight is 262 g/mol. The Hall–Kier alpha value is -2.93. The maximum absolute atomic E-state index is 12.3. The summed E-state index contributed by atoms with van der Waals surface area (Å²) < 4.78 is 5.52. The van der Waals surface area contributed by atoms with E-state index in [1.807, 2.05) is 19.1 Å². The van der Waals surface area contributed by atoms with Gasteiger partial charge in [0.2, 0.25) is 5.78 Å². The second kappa shape index (κ2) is 4.63. The predicted molar refractivity (Wildman–Crippen MR) is 73.3 cm³/mol. The van der Waals surface area contributed by atoms with Crippen LogP contribution in [0.15, 0.2) is 46.9 Å². The summed E-state index contributed by atoms with van der Waals surface area (Å²) in [5.41, 5.74) is 2.98. The van der Waals surface area contributed by atoms with E-state index in [0.29, 0.717) is 22.2 Å². The van der Waals surface area contributed by atoms with Crippen molar-refractivity contribution in [2.45, 2.75) is 6.92 Å². The Morgan fingerprint density at radius 1 is 1.25 bits per heavy atom. The number of hydrogen-bond donors (Lipinski definition) is 0. The molecule has 2 aromatic heterocycles. The van der Waals surface area contributed by atoms with Crippen LogP contribution in [0.2, 0.25) is 0 Å². The second-order valence-corrected chi connectivity index (χ2v) is 4.47. The fourth-order valence-electron chi connectivity index (χ4n) is 2.01. The Morgan fingerprint density at radius 3 is 2.90 bits per heavy atom. The average Bonchev–Trinajstić information content (AvgIpc) is 2.89. The number of benzene rings is 1. The second-order valence-electron chi connectivity index (χ2n) is 4.47. The standard InChI is InChI=1S/C16H10N2O2/c1-10-5-6-14-13(18-10)8-15(20-14)16(19)12-4-2-3-11(7-12)9-17/h2-8H,1H3. The highest BCUT2D eigenvalue weighted by Gasteiger charge is 2.15. The molecule has 4 nitrogen and oxygen atoms in total. The zero-order valence-electron chi connectivity index (χ0n) is 10.8. The Morgan fingerprint density at radius 2 is 2.10 bits per heavy atom. The highest BCUT2D eigenvalue weighted by molar-refractivity contribution is 6.08. The number of fused-ring (bicyclic) bond motifs is 1. The number of rotatable bonds is 2. The van der Waals surface area contributed by atoms with E-state index in [0.717, 1.165) is 5.69 Å². The minimum Gasteiger partial charge on any atom is -0.451 e. The van der Waals surface area contributed by atoms with Gasteiger partial charge in [-0.3, -0.25) is 4.79 Å². The van der Waals surface area contributed by atoms with Gasteiger partial charge in [-0.25, -0.2) is 4.98 Å². The molecule has 0 atom stereocenters. The SMILES string of the molecule is Cc1ccc2oc(C(=O)c3cccc(C#N)c3)cc2n1. The van der Waals surface area contributed by atoms with Gasteiger partial charge in [-0.2, -0.15) is 5.26 Å². The lowest BCUT2D eigenvalue weighted by atomic mass is 10.1. The number of aromatic nitrogens is 1. The predicted octanol–water partition coefficient (Wildman–Crippen LogP) is 3.24. The van der Waals surface area contributed by atoms with Crippen LogP contribution in [0.3, 0.4) is 0 Å². The first-order chi connectivity index (χ1) is 9.67. The van der Waals surface area contributed by atoms with E-state index >= 15 is 0 Å². The Balaban J connectivity index is 2.06. The van der Waals surface area contributed by atoms with Gasteiger partial charge in [-0.1, -0.05) is 12.1 Å². The summed E-state index contributed by atoms with van der Waals surface area (Å²) in [6.07, 6.45) is 0. The minimum absolute atomic E-state index is 0.230. The molecule has 0 aliphatic heterocycles. The largest absolute Gasteiger partial charge is 0.451 e. The molecule has 0 spiro atoms. The summed E-state index contributed by atoms with van der Waals surface area (Å²) in [7, 11) is 0. The maximum atomic E-state index is 12.3. The summed E-state index contributed by atoms with van der Waals surface area (Å²) in [5, 5.41) is 8.86. The third-order valence-corrected chi connectivity index (χ3v) is 2.99. The van der Waals surface area contributed by atoms with E-state index in [4.69, 9.17) is 9.68 Å². The molecule has 0 saturated heterocycles. The molecule has 3 aromatic rings. The lowest BCUT2D eigenvalue weighted by Crippen LogP contribution is -1.99. The molecule has 2 heterocycles. The molecule has 0 aliphatic carbocycles. The molecule has 3 rings (SSSR count). The van der Waals surface area contributed by atoms with E-state index in [1.54, 1.807) is 36.4 Å². The molecular formula is C16H10N2O2. The van der Waals surface area contributed by atoms with Gasteiger partial charge in [0.05, 0.1) is 11.6 Å². The van der Waals surface area contributed by atoms with Gasteiger partial charge in [0.25, 0.3) is 0 Å². The Labute approximate surface area is 115 Å². The number of nitriles is 1. The van der Waals surface area contributed by atoms with Gasteiger partial charge in [-0.05, 0) is 31.2 Å². The Bertz CT molecular complexity index is 856. The quantitative estimate of drug-likeness (QED) is 0.665. The van der Waals surface area contributed by atoms with Gasteiger partial charge >= 0.3 is 0 Å². The molecule has 96 valence electrons. The van der Waals surface area contributed by atoms with Gasteiger partial charge in [0, 0.05) is 17.3 Å². The summed E-state index contributed by atoms with van der Waals surface area (Å²) in [4.78, 5) is 16.6. The van der Waals surface area contributed by atoms with E-state index in [2.05, 4.69) is 4.98 Å². The molecule has 4 heteroatoms. The monoisotopic (exact) mass is 262 g/mol. The summed E-state index contributed by atoms with van der Waals surface area (Å²) in [6, 6.07) is 13.8. The topological polar surface area (TPSA) is 66.9 Å². The molecule has 0 radical (unpaired) electrons. The zero-order chi connectivity index (χ0) is 14.1. The van der Waals surface area contributed by atoms with Crippen LogP contribution >= 0.6 is 0 Å². The van der Waals surface area contributed by atoms with Crippen molar-refractivity contribution in [3.63, 3.8) is 0 Å². The third kappa shape index (κ3) is 2.06. The van der Waals surface area contributed by atoms with E-state index in [-0.39, 0.29) is 11.5 Å². The number of hydrogen-bond acceptors (Lipinski definition) is 4. The lowest BCUT2D eigenvalue weighted by molar-refractivity contribution is 0.101. The van der Waals surface area contributed by atoms with Gasteiger partial charge in [0.1, 0.15) is 5.52 Å². The molecule has 0 aliphatic rings. The molecule has 0 amide bonds. The van der Waals surface area contributed by atoms with Gasteiger partial charge in [-0.15, -0.1) is 0 Å². The van der Waals surface area contributed by atoms with Crippen molar-refractivity contribution in [3.8, 4) is 6.07 Å². The van der Waals surface area contributed by atoms with Crippen LogP contribution in [-0.4, -0.2) is 10.8 Å². The Kier molecular flexibility index (Phi) is 2.81. The highest BCUT2D eigenvalue weighted by atomic mass is 16.3. The van der Waals surface area contributed by atoms with Crippen molar-refractivity contribution in [3.05, 3.63) is 65.0 Å². The number of furan rings is 1.